The van der Waals surface area contributed by atoms with Crippen LogP contribution in [0.3, 0.4) is 0 Å². The van der Waals surface area contributed by atoms with E-state index in [1.54, 1.807) is 11.3 Å². The van der Waals surface area contributed by atoms with Gasteiger partial charge in [-0.05, 0) is 37.8 Å². The number of aliphatic hydroxyl groups excluding tert-OH is 1. The number of carbonyl (C=O) groups is 1. The van der Waals surface area contributed by atoms with Crippen molar-refractivity contribution in [1.29, 1.82) is 0 Å². The second-order valence-electron chi connectivity index (χ2n) is 6.62. The zero-order chi connectivity index (χ0) is 19.5. The first-order valence-corrected chi connectivity index (χ1v) is 11.1. The van der Waals surface area contributed by atoms with Crippen molar-refractivity contribution >= 4 is 39.4 Å². The molecule has 0 bridgehead atoms. The van der Waals surface area contributed by atoms with Crippen LogP contribution in [0.1, 0.15) is 23.3 Å². The quantitative estimate of drug-likeness (QED) is 0.605. The summed E-state index contributed by atoms with van der Waals surface area (Å²) in [7, 11) is 0. The van der Waals surface area contributed by atoms with E-state index in [0.29, 0.717) is 10.7 Å². The molecule has 1 aliphatic carbocycles. The first-order valence-electron chi connectivity index (χ1n) is 9.32. The normalized spacial score (nSPS) is 13.5. The highest BCUT2D eigenvalue weighted by atomic mass is 32.2. The smallest absolute Gasteiger partial charge is 0.230 e. The van der Waals surface area contributed by atoms with Gasteiger partial charge in [0.25, 0.3) is 0 Å². The van der Waals surface area contributed by atoms with E-state index in [2.05, 4.69) is 10.3 Å². The fourth-order valence-electron chi connectivity index (χ4n) is 3.40. The number of hydrogen-bond acceptors (Lipinski definition) is 6. The van der Waals surface area contributed by atoms with Gasteiger partial charge in [-0.15, -0.1) is 11.3 Å². The second-order valence-corrected chi connectivity index (χ2v) is 8.65. The van der Waals surface area contributed by atoms with Crippen LogP contribution < -0.4 is 10.7 Å². The molecule has 0 aliphatic heterocycles. The van der Waals surface area contributed by atoms with Crippen LogP contribution >= 0.6 is 23.1 Å². The van der Waals surface area contributed by atoms with Crippen molar-refractivity contribution in [2.24, 2.45) is 0 Å². The lowest BCUT2D eigenvalue weighted by Crippen LogP contribution is -2.28. The van der Waals surface area contributed by atoms with E-state index in [1.807, 2.05) is 34.9 Å². The number of hydrogen-bond donors (Lipinski definition) is 2. The number of amides is 1. The van der Waals surface area contributed by atoms with Gasteiger partial charge in [0, 0.05) is 22.7 Å². The van der Waals surface area contributed by atoms with E-state index in [9.17, 15) is 9.59 Å². The molecule has 3 aromatic rings. The lowest BCUT2D eigenvalue weighted by molar-refractivity contribution is -0.118. The Morgan fingerprint density at radius 1 is 1.25 bits per heavy atom. The van der Waals surface area contributed by atoms with Crippen LogP contribution in [-0.4, -0.2) is 39.5 Å². The van der Waals surface area contributed by atoms with Crippen molar-refractivity contribution in [3.8, 4) is 5.69 Å². The van der Waals surface area contributed by atoms with Crippen LogP contribution in [0.4, 0.5) is 0 Å². The molecule has 0 saturated carbocycles. The number of nitrogens with zero attached hydrogens (tertiary/aromatic N) is 2. The molecule has 0 atom stereocenters. The zero-order valence-corrected chi connectivity index (χ0v) is 16.9. The van der Waals surface area contributed by atoms with Crippen LogP contribution in [0.5, 0.6) is 0 Å². The monoisotopic (exact) mass is 415 g/mol. The molecular weight excluding hydrogens is 394 g/mol. The van der Waals surface area contributed by atoms with Gasteiger partial charge in [0.15, 0.2) is 5.16 Å². The Hall–Kier alpha value is -2.16. The highest BCUT2D eigenvalue weighted by molar-refractivity contribution is 7.99. The Balaban J connectivity index is 1.80. The number of fused-ring (bicyclic) bond motifs is 2. The predicted octanol–water partition coefficient (Wildman–Crippen LogP) is 2.53. The molecule has 146 valence electrons. The number of carbonyl (C=O) groups excluding carboxylic acids is 1. The highest BCUT2D eigenvalue weighted by Gasteiger charge is 2.22. The van der Waals surface area contributed by atoms with Gasteiger partial charge in [-0.3, -0.25) is 14.2 Å². The number of imidazole rings is 1. The maximum absolute atomic E-state index is 13.1. The van der Waals surface area contributed by atoms with Gasteiger partial charge >= 0.3 is 0 Å². The maximum atomic E-state index is 13.1. The number of nitrogens with one attached hydrogen (secondary N) is 1. The van der Waals surface area contributed by atoms with Crippen LogP contribution in [-0.2, 0) is 17.6 Å². The third kappa shape index (κ3) is 3.72. The number of rotatable bonds is 6. The molecule has 1 aromatic carbocycles. The van der Waals surface area contributed by atoms with Crippen LogP contribution in [0.25, 0.3) is 16.0 Å². The topological polar surface area (TPSA) is 84.2 Å². The van der Waals surface area contributed by atoms with Gasteiger partial charge in [0.1, 0.15) is 10.3 Å². The van der Waals surface area contributed by atoms with E-state index in [-0.39, 0.29) is 30.2 Å². The predicted molar refractivity (Wildman–Crippen MR) is 113 cm³/mol. The van der Waals surface area contributed by atoms with E-state index >= 15 is 0 Å². The Kier molecular flexibility index (Phi) is 5.79. The molecule has 2 aromatic heterocycles. The van der Waals surface area contributed by atoms with Crippen molar-refractivity contribution in [2.45, 2.75) is 30.8 Å². The molecule has 1 aliphatic rings. The minimum absolute atomic E-state index is 0.0321. The third-order valence-corrected chi connectivity index (χ3v) is 6.92. The molecule has 8 heteroatoms. The third-order valence-electron chi connectivity index (χ3n) is 4.71. The van der Waals surface area contributed by atoms with Crippen molar-refractivity contribution in [3.63, 3.8) is 0 Å². The number of aryl methyl sites for hydroxylation is 1. The fraction of sp³-hybridized carbons (Fsp3) is 0.350. The van der Waals surface area contributed by atoms with Gasteiger partial charge in [-0.25, -0.2) is 4.98 Å². The standard InChI is InChI=1S/C20H21N3O3S2/c24-11-10-21-16(25)12-27-20-22-17-18(26)14-8-4-5-9-15(14)28-19(17)23(20)13-6-2-1-3-7-13/h1-3,6-7,24H,4-5,8-12H2,(H,21,25). The molecule has 4 rings (SSSR count). The second kappa shape index (κ2) is 8.46. The van der Waals surface area contributed by atoms with Crippen molar-refractivity contribution in [2.75, 3.05) is 18.9 Å². The number of aliphatic hydroxyl groups is 1. The molecule has 2 heterocycles. The van der Waals surface area contributed by atoms with E-state index in [0.717, 1.165) is 46.6 Å². The van der Waals surface area contributed by atoms with E-state index in [1.165, 1.54) is 11.8 Å². The van der Waals surface area contributed by atoms with Gasteiger partial charge in [0.2, 0.25) is 11.3 Å². The van der Waals surface area contributed by atoms with E-state index < -0.39 is 0 Å². The average Bonchev–Trinajstić information content (AvgIpc) is 3.10. The largest absolute Gasteiger partial charge is 0.395 e. The first kappa shape index (κ1) is 19.2. The summed E-state index contributed by atoms with van der Waals surface area (Å²) in [5.74, 6) is 0.00498. The lowest BCUT2D eigenvalue weighted by atomic mass is 9.98. The summed E-state index contributed by atoms with van der Waals surface area (Å²) in [6.45, 7) is 0.139. The molecule has 0 unspecified atom stereocenters. The summed E-state index contributed by atoms with van der Waals surface area (Å²) < 4.78 is 1.99. The fourth-order valence-corrected chi connectivity index (χ4v) is 5.61. The number of para-hydroxylation sites is 1. The molecular formula is C20H21N3O3S2. The molecule has 6 nitrogen and oxygen atoms in total. The lowest BCUT2D eigenvalue weighted by Gasteiger charge is -2.14. The summed E-state index contributed by atoms with van der Waals surface area (Å²) in [6.07, 6.45) is 3.93. The van der Waals surface area contributed by atoms with Gasteiger partial charge in [0.05, 0.1) is 12.4 Å². The summed E-state index contributed by atoms with van der Waals surface area (Å²) in [5.41, 5.74) is 2.37. The molecule has 0 fully saturated rings. The summed E-state index contributed by atoms with van der Waals surface area (Å²) in [4.78, 5) is 31.7. The van der Waals surface area contributed by atoms with Crippen molar-refractivity contribution in [3.05, 3.63) is 51.0 Å². The Labute approximate surface area is 170 Å². The van der Waals surface area contributed by atoms with Gasteiger partial charge in [-0.2, -0.15) is 0 Å². The Morgan fingerprint density at radius 3 is 2.82 bits per heavy atom. The number of thioether (sulfide) groups is 1. The molecule has 0 spiro atoms. The van der Waals surface area contributed by atoms with Crippen LogP contribution in [0.2, 0.25) is 0 Å². The van der Waals surface area contributed by atoms with Crippen LogP contribution in [0, 0.1) is 0 Å². The van der Waals surface area contributed by atoms with Gasteiger partial charge in [-0.1, -0.05) is 30.0 Å². The summed E-state index contributed by atoms with van der Waals surface area (Å²) in [6, 6.07) is 9.80. The first-order chi connectivity index (χ1) is 13.7. The van der Waals surface area contributed by atoms with Crippen molar-refractivity contribution in [1.82, 2.24) is 14.9 Å². The highest BCUT2D eigenvalue weighted by Crippen LogP contribution is 2.33. The Bertz CT molecular complexity index is 1060. The SMILES string of the molecule is O=C(CSc1nc2c(=O)c3c(sc2n1-c1ccccc1)CCCC3)NCCO. The van der Waals surface area contributed by atoms with Gasteiger partial charge < -0.3 is 10.4 Å². The number of benzene rings is 1. The van der Waals surface area contributed by atoms with Crippen molar-refractivity contribution < 1.29 is 9.90 Å². The molecule has 0 saturated heterocycles. The maximum Gasteiger partial charge on any atom is 0.230 e. The minimum atomic E-state index is -0.170. The molecule has 0 radical (unpaired) electrons. The molecule has 28 heavy (non-hydrogen) atoms. The van der Waals surface area contributed by atoms with E-state index in [4.69, 9.17) is 5.11 Å². The zero-order valence-electron chi connectivity index (χ0n) is 15.3. The number of aromatic nitrogens is 2. The Morgan fingerprint density at radius 2 is 2.04 bits per heavy atom. The molecule has 2 N–H and O–H groups in total. The summed E-state index contributed by atoms with van der Waals surface area (Å²) >= 11 is 2.95. The minimum Gasteiger partial charge on any atom is -0.395 e. The van der Waals surface area contributed by atoms with Crippen LogP contribution in [0.15, 0.2) is 40.3 Å². The summed E-state index contributed by atoms with van der Waals surface area (Å²) in [5, 5.41) is 12.1. The average molecular weight is 416 g/mol. The molecule has 1 amide bonds.